The van der Waals surface area contributed by atoms with Crippen molar-refractivity contribution >= 4 is 15.8 Å². The normalized spacial score (nSPS) is 26.3. The minimum atomic E-state index is -2.96. The molecule has 6 heteroatoms. The lowest BCUT2D eigenvalue weighted by Crippen LogP contribution is -2.51. The largest absolute Gasteiger partial charge is 0.468 e. The first-order valence-corrected chi connectivity index (χ1v) is 8.26. The summed E-state index contributed by atoms with van der Waals surface area (Å²) in [4.78, 5) is 11.7. The Bertz CT molecular complexity index is 380. The molecule has 3 unspecified atom stereocenters. The van der Waals surface area contributed by atoms with Gasteiger partial charge in [0, 0.05) is 6.04 Å². The Labute approximate surface area is 109 Å². The molecule has 1 saturated heterocycles. The molecule has 0 aromatic heterocycles. The summed E-state index contributed by atoms with van der Waals surface area (Å²) < 4.78 is 27.9. The Morgan fingerprint density at radius 1 is 1.50 bits per heavy atom. The minimum Gasteiger partial charge on any atom is -0.468 e. The SMILES string of the molecule is CCC(C)C(NC1CCCS(=O)(=O)C1)C(=O)OC. The third-order valence-corrected chi connectivity index (χ3v) is 5.37. The molecule has 0 bridgehead atoms. The zero-order chi connectivity index (χ0) is 13.8. The van der Waals surface area contributed by atoms with Gasteiger partial charge in [-0.25, -0.2) is 8.42 Å². The van der Waals surface area contributed by atoms with Crippen molar-refractivity contribution in [1.82, 2.24) is 5.32 Å². The molecule has 3 atom stereocenters. The first-order chi connectivity index (χ1) is 8.39. The van der Waals surface area contributed by atoms with E-state index in [4.69, 9.17) is 4.74 Å². The van der Waals surface area contributed by atoms with Gasteiger partial charge in [0.05, 0.1) is 18.6 Å². The van der Waals surface area contributed by atoms with Gasteiger partial charge in [-0.3, -0.25) is 4.79 Å². The fraction of sp³-hybridized carbons (Fsp3) is 0.917. The van der Waals surface area contributed by atoms with Crippen LogP contribution in [0.5, 0.6) is 0 Å². The van der Waals surface area contributed by atoms with Gasteiger partial charge in [0.1, 0.15) is 6.04 Å². The van der Waals surface area contributed by atoms with Crippen LogP contribution in [0, 0.1) is 5.92 Å². The standard InChI is InChI=1S/C12H23NO4S/c1-4-9(2)11(12(14)17-3)13-10-6-5-7-18(15,16)8-10/h9-11,13H,4-8H2,1-3H3. The first kappa shape index (κ1) is 15.4. The highest BCUT2D eigenvalue weighted by Gasteiger charge is 2.31. The predicted octanol–water partition coefficient (Wildman–Crippen LogP) is 0.741. The summed E-state index contributed by atoms with van der Waals surface area (Å²) in [5.41, 5.74) is 0. The Morgan fingerprint density at radius 3 is 2.67 bits per heavy atom. The molecule has 0 radical (unpaired) electrons. The highest BCUT2D eigenvalue weighted by Crippen LogP contribution is 2.16. The van der Waals surface area contributed by atoms with E-state index < -0.39 is 15.9 Å². The third kappa shape index (κ3) is 4.24. The molecule has 0 aromatic rings. The molecule has 0 aliphatic carbocycles. The molecule has 0 saturated carbocycles. The fourth-order valence-electron chi connectivity index (χ4n) is 2.24. The van der Waals surface area contributed by atoms with Crippen molar-refractivity contribution in [2.24, 2.45) is 5.92 Å². The monoisotopic (exact) mass is 277 g/mol. The van der Waals surface area contributed by atoms with Crippen LogP contribution in [0.4, 0.5) is 0 Å². The van der Waals surface area contributed by atoms with Gasteiger partial charge in [-0.15, -0.1) is 0 Å². The van der Waals surface area contributed by atoms with Crippen molar-refractivity contribution < 1.29 is 17.9 Å². The van der Waals surface area contributed by atoms with E-state index in [1.807, 2.05) is 13.8 Å². The second kappa shape index (κ2) is 6.52. The number of sulfone groups is 1. The van der Waals surface area contributed by atoms with E-state index in [0.717, 1.165) is 12.8 Å². The van der Waals surface area contributed by atoms with Crippen LogP contribution >= 0.6 is 0 Å². The summed E-state index contributed by atoms with van der Waals surface area (Å²) in [5, 5.41) is 3.16. The molecule has 18 heavy (non-hydrogen) atoms. The van der Waals surface area contributed by atoms with Gasteiger partial charge in [-0.2, -0.15) is 0 Å². The summed E-state index contributed by atoms with van der Waals surface area (Å²) in [5.74, 6) is 0.198. The summed E-state index contributed by atoms with van der Waals surface area (Å²) >= 11 is 0. The van der Waals surface area contributed by atoms with Crippen LogP contribution in [0.2, 0.25) is 0 Å². The molecule has 0 spiro atoms. The van der Waals surface area contributed by atoms with Crippen molar-refractivity contribution in [2.45, 2.75) is 45.2 Å². The average Bonchev–Trinajstić information content (AvgIpc) is 2.33. The minimum absolute atomic E-state index is 0.122. The first-order valence-electron chi connectivity index (χ1n) is 6.44. The summed E-state index contributed by atoms with van der Waals surface area (Å²) in [7, 11) is -1.60. The zero-order valence-electron chi connectivity index (χ0n) is 11.3. The van der Waals surface area contributed by atoms with Crippen molar-refractivity contribution in [3.05, 3.63) is 0 Å². The van der Waals surface area contributed by atoms with E-state index in [1.54, 1.807) is 0 Å². The number of hydrogen-bond donors (Lipinski definition) is 1. The second-order valence-corrected chi connectivity index (χ2v) is 7.24. The second-order valence-electron chi connectivity index (χ2n) is 5.01. The van der Waals surface area contributed by atoms with E-state index in [-0.39, 0.29) is 29.4 Å². The molecule has 1 heterocycles. The Balaban J connectivity index is 2.68. The molecule has 1 aliphatic rings. The maximum absolute atomic E-state index is 11.7. The predicted molar refractivity (Wildman–Crippen MR) is 70.1 cm³/mol. The average molecular weight is 277 g/mol. The molecular weight excluding hydrogens is 254 g/mol. The highest BCUT2D eigenvalue weighted by molar-refractivity contribution is 7.91. The summed E-state index contributed by atoms with van der Waals surface area (Å²) in [6.07, 6.45) is 2.30. The number of ether oxygens (including phenoxy) is 1. The van der Waals surface area contributed by atoms with Gasteiger partial charge in [0.15, 0.2) is 9.84 Å². The van der Waals surface area contributed by atoms with Crippen molar-refractivity contribution in [3.63, 3.8) is 0 Å². The van der Waals surface area contributed by atoms with Crippen LogP contribution in [0.25, 0.3) is 0 Å². The number of esters is 1. The number of nitrogens with one attached hydrogen (secondary N) is 1. The van der Waals surface area contributed by atoms with Crippen LogP contribution in [0.1, 0.15) is 33.1 Å². The quantitative estimate of drug-likeness (QED) is 0.750. The van der Waals surface area contributed by atoms with Gasteiger partial charge >= 0.3 is 5.97 Å². The van der Waals surface area contributed by atoms with Crippen molar-refractivity contribution in [2.75, 3.05) is 18.6 Å². The van der Waals surface area contributed by atoms with Crippen molar-refractivity contribution in [1.29, 1.82) is 0 Å². The van der Waals surface area contributed by atoms with Gasteiger partial charge in [0.2, 0.25) is 0 Å². The molecule has 1 rings (SSSR count). The molecule has 5 nitrogen and oxygen atoms in total. The van der Waals surface area contributed by atoms with E-state index >= 15 is 0 Å². The van der Waals surface area contributed by atoms with E-state index in [1.165, 1.54) is 7.11 Å². The van der Waals surface area contributed by atoms with Crippen LogP contribution in [-0.4, -0.2) is 45.1 Å². The molecule has 1 N–H and O–H groups in total. The van der Waals surface area contributed by atoms with Gasteiger partial charge in [-0.1, -0.05) is 20.3 Å². The number of hydrogen-bond acceptors (Lipinski definition) is 5. The third-order valence-electron chi connectivity index (χ3n) is 3.55. The fourth-order valence-corrected chi connectivity index (χ4v) is 3.88. The van der Waals surface area contributed by atoms with Crippen molar-refractivity contribution in [3.8, 4) is 0 Å². The maximum Gasteiger partial charge on any atom is 0.323 e. The lowest BCUT2D eigenvalue weighted by molar-refractivity contribution is -0.144. The smallest absolute Gasteiger partial charge is 0.323 e. The molecule has 1 fully saturated rings. The lowest BCUT2D eigenvalue weighted by atomic mass is 9.98. The lowest BCUT2D eigenvalue weighted by Gasteiger charge is -2.29. The Hall–Kier alpha value is -0.620. The number of methoxy groups -OCH3 is 1. The van der Waals surface area contributed by atoms with Crippen LogP contribution < -0.4 is 5.32 Å². The maximum atomic E-state index is 11.7. The number of carbonyl (C=O) groups is 1. The van der Waals surface area contributed by atoms with Crippen LogP contribution in [-0.2, 0) is 19.4 Å². The van der Waals surface area contributed by atoms with Crippen LogP contribution in [0.3, 0.4) is 0 Å². The van der Waals surface area contributed by atoms with Gasteiger partial charge < -0.3 is 10.1 Å². The summed E-state index contributed by atoms with van der Waals surface area (Å²) in [6, 6.07) is -0.555. The Kier molecular flexibility index (Phi) is 5.59. The van der Waals surface area contributed by atoms with E-state index in [2.05, 4.69) is 5.32 Å². The number of carbonyl (C=O) groups excluding carboxylic acids is 1. The zero-order valence-corrected chi connectivity index (χ0v) is 12.1. The molecule has 0 aromatic carbocycles. The topological polar surface area (TPSA) is 72.5 Å². The molecular formula is C12H23NO4S. The van der Waals surface area contributed by atoms with Gasteiger partial charge in [-0.05, 0) is 18.8 Å². The number of rotatable bonds is 5. The molecule has 1 aliphatic heterocycles. The van der Waals surface area contributed by atoms with E-state index in [0.29, 0.717) is 6.42 Å². The van der Waals surface area contributed by atoms with Gasteiger partial charge in [0.25, 0.3) is 0 Å². The Morgan fingerprint density at radius 2 is 2.17 bits per heavy atom. The summed E-state index contributed by atoms with van der Waals surface area (Å²) in [6.45, 7) is 3.96. The highest BCUT2D eigenvalue weighted by atomic mass is 32.2. The molecule has 106 valence electrons. The van der Waals surface area contributed by atoms with Crippen LogP contribution in [0.15, 0.2) is 0 Å². The molecule has 0 amide bonds. The van der Waals surface area contributed by atoms with E-state index in [9.17, 15) is 13.2 Å².